The molecular formula is C15H22N2O4. The highest BCUT2D eigenvalue weighted by atomic mass is 16.6. The number of hydrogen-bond acceptors (Lipinski definition) is 5. The Morgan fingerprint density at radius 3 is 2.62 bits per heavy atom. The number of nitrogens with zero attached hydrogens (tertiary/aromatic N) is 2. The van der Waals surface area contributed by atoms with E-state index in [0.29, 0.717) is 18.2 Å². The molecule has 0 spiro atoms. The van der Waals surface area contributed by atoms with Crippen LogP contribution in [0.5, 0.6) is 5.75 Å². The summed E-state index contributed by atoms with van der Waals surface area (Å²) in [4.78, 5) is 12.8. The number of methoxy groups -OCH3 is 1. The molecule has 0 aromatic heterocycles. The monoisotopic (exact) mass is 294 g/mol. The molecule has 0 saturated carbocycles. The van der Waals surface area contributed by atoms with Gasteiger partial charge in [-0.2, -0.15) is 0 Å². The van der Waals surface area contributed by atoms with Crippen LogP contribution in [-0.2, 0) is 6.54 Å². The molecule has 6 nitrogen and oxygen atoms in total. The van der Waals surface area contributed by atoms with Crippen LogP contribution in [0.25, 0.3) is 0 Å². The van der Waals surface area contributed by atoms with E-state index in [2.05, 4.69) is 4.90 Å². The van der Waals surface area contributed by atoms with Gasteiger partial charge in [-0.3, -0.25) is 15.0 Å². The summed E-state index contributed by atoms with van der Waals surface area (Å²) in [5, 5.41) is 20.5. The first-order valence-corrected chi connectivity index (χ1v) is 7.22. The van der Waals surface area contributed by atoms with E-state index in [0.717, 1.165) is 31.5 Å². The summed E-state index contributed by atoms with van der Waals surface area (Å²) in [6.45, 7) is 4.32. The molecule has 0 aliphatic carbocycles. The van der Waals surface area contributed by atoms with Gasteiger partial charge in [-0.15, -0.1) is 0 Å². The summed E-state index contributed by atoms with van der Waals surface area (Å²) in [6, 6.07) is 4.88. The Balaban J connectivity index is 2.03. The van der Waals surface area contributed by atoms with Crippen molar-refractivity contribution in [2.45, 2.75) is 32.4 Å². The van der Waals surface area contributed by atoms with Crippen molar-refractivity contribution in [1.82, 2.24) is 4.90 Å². The van der Waals surface area contributed by atoms with Crippen LogP contribution in [0.15, 0.2) is 18.2 Å². The smallest absolute Gasteiger partial charge is 0.273 e. The molecule has 0 radical (unpaired) electrons. The van der Waals surface area contributed by atoms with Gasteiger partial charge in [0.1, 0.15) is 5.75 Å². The predicted molar refractivity (Wildman–Crippen MR) is 79.3 cm³/mol. The maximum absolute atomic E-state index is 10.9. The number of ether oxygens (including phenoxy) is 1. The summed E-state index contributed by atoms with van der Waals surface area (Å²) in [6.07, 6.45) is 1.66. The molecule has 1 saturated heterocycles. The van der Waals surface area contributed by atoms with Crippen LogP contribution in [0.4, 0.5) is 5.69 Å². The highest BCUT2D eigenvalue weighted by molar-refractivity contribution is 5.42. The third kappa shape index (κ3) is 4.15. The van der Waals surface area contributed by atoms with Gasteiger partial charge >= 0.3 is 0 Å². The zero-order valence-electron chi connectivity index (χ0n) is 12.5. The van der Waals surface area contributed by atoms with Gasteiger partial charge in [0.05, 0.1) is 24.2 Å². The largest absolute Gasteiger partial charge is 0.496 e. The van der Waals surface area contributed by atoms with Crippen LogP contribution in [0.2, 0.25) is 0 Å². The quantitative estimate of drug-likeness (QED) is 0.665. The number of hydrogen-bond donors (Lipinski definition) is 1. The first-order valence-electron chi connectivity index (χ1n) is 7.22. The number of piperidine rings is 1. The second kappa shape index (κ2) is 6.87. The van der Waals surface area contributed by atoms with Crippen LogP contribution in [0, 0.1) is 16.0 Å². The molecule has 21 heavy (non-hydrogen) atoms. The molecule has 2 rings (SSSR count). The van der Waals surface area contributed by atoms with Crippen molar-refractivity contribution in [3.05, 3.63) is 33.9 Å². The Bertz CT molecular complexity index is 496. The fraction of sp³-hybridized carbons (Fsp3) is 0.600. The van der Waals surface area contributed by atoms with Gasteiger partial charge in [-0.1, -0.05) is 0 Å². The molecule has 1 aliphatic rings. The zero-order valence-corrected chi connectivity index (χ0v) is 12.5. The van der Waals surface area contributed by atoms with Gasteiger partial charge < -0.3 is 9.84 Å². The number of benzene rings is 1. The zero-order chi connectivity index (χ0) is 15.4. The number of aliphatic hydroxyl groups is 1. The van der Waals surface area contributed by atoms with E-state index in [4.69, 9.17) is 4.74 Å². The summed E-state index contributed by atoms with van der Waals surface area (Å²) >= 11 is 0. The molecule has 1 atom stereocenters. The van der Waals surface area contributed by atoms with Gasteiger partial charge in [0.2, 0.25) is 0 Å². The van der Waals surface area contributed by atoms with Crippen molar-refractivity contribution in [3.8, 4) is 5.75 Å². The molecule has 1 heterocycles. The lowest BCUT2D eigenvalue weighted by atomic mass is 9.92. The van der Waals surface area contributed by atoms with Crippen molar-refractivity contribution >= 4 is 5.69 Å². The highest BCUT2D eigenvalue weighted by Gasteiger charge is 2.23. The van der Waals surface area contributed by atoms with E-state index in [1.165, 1.54) is 13.2 Å². The Hall–Kier alpha value is -1.66. The first-order chi connectivity index (χ1) is 9.99. The summed E-state index contributed by atoms with van der Waals surface area (Å²) in [5.74, 6) is 0.874. The predicted octanol–water partition coefficient (Wildman–Crippen LogP) is 2.20. The molecule has 116 valence electrons. The van der Waals surface area contributed by atoms with Crippen LogP contribution in [-0.4, -0.2) is 41.2 Å². The van der Waals surface area contributed by atoms with E-state index in [-0.39, 0.29) is 11.8 Å². The van der Waals surface area contributed by atoms with E-state index >= 15 is 0 Å². The molecule has 1 aromatic rings. The first kappa shape index (κ1) is 15.7. The van der Waals surface area contributed by atoms with Crippen LogP contribution < -0.4 is 4.74 Å². The summed E-state index contributed by atoms with van der Waals surface area (Å²) < 4.78 is 5.13. The molecule has 0 amide bonds. The van der Waals surface area contributed by atoms with Crippen molar-refractivity contribution < 1.29 is 14.8 Å². The van der Waals surface area contributed by atoms with Gasteiger partial charge in [0.25, 0.3) is 5.69 Å². The minimum atomic E-state index is -0.397. The van der Waals surface area contributed by atoms with Gasteiger partial charge in [0.15, 0.2) is 0 Å². The van der Waals surface area contributed by atoms with Gasteiger partial charge in [-0.25, -0.2) is 0 Å². The second-order valence-electron chi connectivity index (χ2n) is 5.65. The number of nitro groups is 1. The molecule has 1 N–H and O–H groups in total. The Morgan fingerprint density at radius 2 is 2.10 bits per heavy atom. The lowest BCUT2D eigenvalue weighted by Gasteiger charge is -2.33. The minimum Gasteiger partial charge on any atom is -0.496 e. The molecule has 0 bridgehead atoms. The Morgan fingerprint density at radius 1 is 1.43 bits per heavy atom. The Labute approximate surface area is 124 Å². The number of nitro benzene ring substituents is 1. The van der Waals surface area contributed by atoms with Crippen LogP contribution in [0.3, 0.4) is 0 Å². The highest BCUT2D eigenvalue weighted by Crippen LogP contribution is 2.26. The van der Waals surface area contributed by atoms with Crippen molar-refractivity contribution in [1.29, 1.82) is 0 Å². The van der Waals surface area contributed by atoms with E-state index in [9.17, 15) is 15.2 Å². The lowest BCUT2D eigenvalue weighted by Crippen LogP contribution is -2.36. The fourth-order valence-electron chi connectivity index (χ4n) is 2.81. The van der Waals surface area contributed by atoms with Crippen molar-refractivity contribution in [2.24, 2.45) is 5.92 Å². The number of aliphatic hydroxyl groups excluding tert-OH is 1. The number of likely N-dealkylation sites (tertiary alicyclic amines) is 1. The average Bonchev–Trinajstić information content (AvgIpc) is 2.47. The third-order valence-corrected chi connectivity index (χ3v) is 4.12. The standard InChI is InChI=1S/C15H22N2O4/c1-11(18)13-3-5-16(6-4-13)10-12-7-14(17(19)20)9-15(8-12)21-2/h7-9,11,13,18H,3-6,10H2,1-2H3. The van der Waals surface area contributed by atoms with Crippen LogP contribution in [0.1, 0.15) is 25.3 Å². The van der Waals surface area contributed by atoms with Gasteiger partial charge in [-0.05, 0) is 50.4 Å². The van der Waals surface area contributed by atoms with Crippen molar-refractivity contribution in [3.63, 3.8) is 0 Å². The molecule has 6 heteroatoms. The molecule has 1 aromatic carbocycles. The van der Waals surface area contributed by atoms with E-state index in [1.807, 2.05) is 13.0 Å². The number of non-ortho nitro benzene ring substituents is 1. The van der Waals surface area contributed by atoms with E-state index in [1.54, 1.807) is 6.07 Å². The molecule has 1 aliphatic heterocycles. The maximum Gasteiger partial charge on any atom is 0.273 e. The third-order valence-electron chi connectivity index (χ3n) is 4.12. The van der Waals surface area contributed by atoms with Crippen molar-refractivity contribution in [2.75, 3.05) is 20.2 Å². The summed E-state index contributed by atoms with van der Waals surface area (Å²) in [5.41, 5.74) is 0.944. The number of rotatable bonds is 5. The molecular weight excluding hydrogens is 272 g/mol. The summed E-state index contributed by atoms with van der Waals surface area (Å²) in [7, 11) is 1.51. The topological polar surface area (TPSA) is 75.8 Å². The SMILES string of the molecule is COc1cc(CN2CCC(C(C)O)CC2)cc([N+](=O)[O-])c1. The maximum atomic E-state index is 10.9. The minimum absolute atomic E-state index is 0.0585. The van der Waals surface area contributed by atoms with Gasteiger partial charge in [0, 0.05) is 12.6 Å². The van der Waals surface area contributed by atoms with E-state index < -0.39 is 4.92 Å². The van der Waals surface area contributed by atoms with Crippen LogP contribution >= 0.6 is 0 Å². The molecule has 1 fully saturated rings. The molecule has 1 unspecified atom stereocenters. The second-order valence-corrected chi connectivity index (χ2v) is 5.65. The normalized spacial score (nSPS) is 18.4. The Kier molecular flexibility index (Phi) is 5.14. The fourth-order valence-corrected chi connectivity index (χ4v) is 2.81. The lowest BCUT2D eigenvalue weighted by molar-refractivity contribution is -0.385. The average molecular weight is 294 g/mol.